The van der Waals surface area contributed by atoms with E-state index in [1.165, 1.54) is 10.8 Å². The zero-order valence-corrected chi connectivity index (χ0v) is 12.8. The molecule has 0 aliphatic rings. The summed E-state index contributed by atoms with van der Waals surface area (Å²) in [6.07, 6.45) is 3.15. The van der Waals surface area contributed by atoms with Gasteiger partial charge in [0, 0.05) is 6.42 Å². The summed E-state index contributed by atoms with van der Waals surface area (Å²) >= 11 is 6.13. The first-order valence-electron chi connectivity index (χ1n) is 6.95. The number of unbranched alkanes of at least 4 members (excludes halogenated alkanes) is 1. The molecule has 2 N–H and O–H groups in total. The van der Waals surface area contributed by atoms with E-state index in [1.807, 2.05) is 6.92 Å². The normalized spacial score (nSPS) is 12.6. The predicted octanol–water partition coefficient (Wildman–Crippen LogP) is 1.34. The first-order chi connectivity index (χ1) is 10.5. The Morgan fingerprint density at radius 3 is 2.73 bits per heavy atom. The van der Waals surface area contributed by atoms with Crippen LogP contribution in [0.25, 0.3) is 11.4 Å². The third-order valence-corrected chi connectivity index (χ3v) is 3.73. The second kappa shape index (κ2) is 6.74. The molecule has 22 heavy (non-hydrogen) atoms. The lowest BCUT2D eigenvalue weighted by Gasteiger charge is -2.07. The molecule has 0 spiro atoms. The molecule has 0 fully saturated rings. The Balaban J connectivity index is 2.69. The number of aromatic nitrogens is 3. The van der Waals surface area contributed by atoms with Crippen LogP contribution in [0.4, 0.5) is 0 Å². The quantitative estimate of drug-likeness (QED) is 0.830. The third-order valence-electron chi connectivity index (χ3n) is 3.34. The fourth-order valence-electron chi connectivity index (χ4n) is 2.22. The second-order valence-electron chi connectivity index (χ2n) is 4.90. The maximum absolute atomic E-state index is 12.4. The van der Waals surface area contributed by atoms with Gasteiger partial charge in [-0.05, 0) is 12.8 Å². The number of fused-ring (bicyclic) bond motifs is 1. The van der Waals surface area contributed by atoms with Crippen molar-refractivity contribution in [1.82, 2.24) is 14.6 Å². The SMILES string of the molecule is CCCCc1c(Cl)c(=O)c(=C(O)CCC(=O)O)c2ncnn12. The summed E-state index contributed by atoms with van der Waals surface area (Å²) in [6, 6.07) is 0. The van der Waals surface area contributed by atoms with Gasteiger partial charge in [0.2, 0.25) is 5.43 Å². The van der Waals surface area contributed by atoms with Crippen molar-refractivity contribution < 1.29 is 15.0 Å². The summed E-state index contributed by atoms with van der Waals surface area (Å²) in [7, 11) is 0. The topological polar surface area (TPSA) is 105 Å². The van der Waals surface area contributed by atoms with Crippen molar-refractivity contribution in [1.29, 1.82) is 0 Å². The number of rotatable bonds is 6. The van der Waals surface area contributed by atoms with Gasteiger partial charge in [0.1, 0.15) is 22.3 Å². The van der Waals surface area contributed by atoms with E-state index in [0.29, 0.717) is 12.1 Å². The maximum atomic E-state index is 12.4. The minimum atomic E-state index is -1.07. The fourth-order valence-corrected chi connectivity index (χ4v) is 2.48. The average Bonchev–Trinajstić information content (AvgIpc) is 2.94. The van der Waals surface area contributed by atoms with Gasteiger partial charge < -0.3 is 10.2 Å². The molecule has 0 aromatic carbocycles. The summed E-state index contributed by atoms with van der Waals surface area (Å²) in [4.78, 5) is 27.0. The van der Waals surface area contributed by atoms with E-state index in [0.717, 1.165) is 12.8 Å². The molecule has 2 aromatic rings. The van der Waals surface area contributed by atoms with Crippen LogP contribution in [-0.2, 0) is 11.2 Å². The van der Waals surface area contributed by atoms with Gasteiger partial charge in [-0.25, -0.2) is 9.50 Å². The highest BCUT2D eigenvalue weighted by Gasteiger charge is 2.17. The molecule has 2 aromatic heterocycles. The first kappa shape index (κ1) is 16.2. The van der Waals surface area contributed by atoms with Crippen molar-refractivity contribution in [2.75, 3.05) is 0 Å². The average molecular weight is 326 g/mol. The number of aryl methyl sites for hydroxylation is 1. The lowest BCUT2D eigenvalue weighted by molar-refractivity contribution is -0.136. The Bertz CT molecular complexity index is 816. The third kappa shape index (κ3) is 3.04. The highest BCUT2D eigenvalue weighted by atomic mass is 35.5. The van der Waals surface area contributed by atoms with Crippen molar-refractivity contribution in [2.24, 2.45) is 0 Å². The van der Waals surface area contributed by atoms with Crippen molar-refractivity contribution in [3.8, 4) is 0 Å². The molecule has 0 aliphatic heterocycles. The molecular formula is C14H16ClN3O4. The van der Waals surface area contributed by atoms with E-state index in [1.54, 1.807) is 0 Å². The summed E-state index contributed by atoms with van der Waals surface area (Å²) in [5.74, 6) is -1.41. The van der Waals surface area contributed by atoms with Gasteiger partial charge in [-0.15, -0.1) is 0 Å². The highest BCUT2D eigenvalue weighted by molar-refractivity contribution is 6.31. The van der Waals surface area contributed by atoms with Crippen molar-refractivity contribution in [3.05, 3.63) is 32.5 Å². The van der Waals surface area contributed by atoms with Gasteiger partial charge in [-0.2, -0.15) is 5.10 Å². The summed E-state index contributed by atoms with van der Waals surface area (Å²) in [6.45, 7) is 2.02. The van der Waals surface area contributed by atoms with Crippen molar-refractivity contribution >= 4 is 29.0 Å². The standard InChI is InChI=1S/C14H16ClN3O4/c1-2-3-4-8-12(15)13(22)11(9(19)5-6-10(20)21)14-16-7-17-18(8)14/h7,19H,2-6H2,1H3,(H,20,21). The lowest BCUT2D eigenvalue weighted by Crippen LogP contribution is -2.32. The summed E-state index contributed by atoms with van der Waals surface area (Å²) in [5.41, 5.74) is 0.204. The second-order valence-corrected chi connectivity index (χ2v) is 5.28. The largest absolute Gasteiger partial charge is 0.511 e. The van der Waals surface area contributed by atoms with Crippen LogP contribution in [0, 0.1) is 0 Å². The molecule has 0 radical (unpaired) electrons. The molecular weight excluding hydrogens is 310 g/mol. The minimum Gasteiger partial charge on any atom is -0.511 e. The van der Waals surface area contributed by atoms with Crippen LogP contribution >= 0.6 is 11.6 Å². The van der Waals surface area contributed by atoms with E-state index in [9.17, 15) is 14.7 Å². The maximum Gasteiger partial charge on any atom is 0.303 e. The number of aliphatic carboxylic acids is 1. The number of nitrogens with zero attached hydrogens (tertiary/aromatic N) is 3. The molecule has 118 valence electrons. The van der Waals surface area contributed by atoms with E-state index in [4.69, 9.17) is 16.7 Å². The molecule has 8 heteroatoms. The highest BCUT2D eigenvalue weighted by Crippen LogP contribution is 2.14. The zero-order chi connectivity index (χ0) is 16.3. The molecule has 0 unspecified atom stereocenters. The molecule has 7 nitrogen and oxygen atoms in total. The Morgan fingerprint density at radius 1 is 1.36 bits per heavy atom. The van der Waals surface area contributed by atoms with Crippen LogP contribution in [0.15, 0.2) is 11.1 Å². The molecule has 0 aliphatic carbocycles. The van der Waals surface area contributed by atoms with Crippen molar-refractivity contribution in [3.63, 3.8) is 0 Å². The number of carboxylic acid groups (broad SMARTS) is 1. The molecule has 2 rings (SSSR count). The molecule has 0 bridgehead atoms. The van der Waals surface area contributed by atoms with Crippen LogP contribution in [0.3, 0.4) is 0 Å². The van der Waals surface area contributed by atoms with E-state index >= 15 is 0 Å². The van der Waals surface area contributed by atoms with E-state index < -0.39 is 11.4 Å². The van der Waals surface area contributed by atoms with Crippen LogP contribution < -0.4 is 10.6 Å². The van der Waals surface area contributed by atoms with Gasteiger partial charge in [-0.3, -0.25) is 9.59 Å². The van der Waals surface area contributed by atoms with Crippen LogP contribution in [0.2, 0.25) is 5.02 Å². The van der Waals surface area contributed by atoms with Crippen LogP contribution in [0.1, 0.15) is 38.3 Å². The number of carbonyl (C=O) groups is 1. The number of halogens is 1. The lowest BCUT2D eigenvalue weighted by atomic mass is 10.1. The van der Waals surface area contributed by atoms with Crippen molar-refractivity contribution in [2.45, 2.75) is 39.0 Å². The molecule has 2 heterocycles. The number of aliphatic hydroxyl groups is 1. The Labute approximate surface area is 130 Å². The number of hydrogen-bond acceptors (Lipinski definition) is 5. The van der Waals surface area contributed by atoms with Gasteiger partial charge in [-0.1, -0.05) is 24.9 Å². The predicted molar refractivity (Wildman–Crippen MR) is 81.0 cm³/mol. The number of hydrogen-bond donors (Lipinski definition) is 2. The van der Waals surface area contributed by atoms with Crippen LogP contribution in [0.5, 0.6) is 0 Å². The van der Waals surface area contributed by atoms with Crippen LogP contribution in [-0.4, -0.2) is 30.8 Å². The molecule has 0 amide bonds. The van der Waals surface area contributed by atoms with E-state index in [-0.39, 0.29) is 34.5 Å². The number of carboxylic acids is 1. The zero-order valence-electron chi connectivity index (χ0n) is 12.0. The summed E-state index contributed by atoms with van der Waals surface area (Å²) < 4.78 is 1.44. The van der Waals surface area contributed by atoms with Gasteiger partial charge in [0.05, 0.1) is 12.1 Å². The van der Waals surface area contributed by atoms with Gasteiger partial charge in [0.25, 0.3) is 0 Å². The first-order valence-corrected chi connectivity index (χ1v) is 7.33. The summed E-state index contributed by atoms with van der Waals surface area (Å²) in [5, 5.41) is 22.7. The molecule has 0 saturated heterocycles. The number of pyridine rings is 1. The smallest absolute Gasteiger partial charge is 0.303 e. The van der Waals surface area contributed by atoms with E-state index in [2.05, 4.69) is 10.1 Å². The van der Waals surface area contributed by atoms with Gasteiger partial charge in [0.15, 0.2) is 5.65 Å². The molecule has 0 atom stereocenters. The monoisotopic (exact) mass is 325 g/mol. The molecule has 0 saturated carbocycles. The van der Waals surface area contributed by atoms with Gasteiger partial charge >= 0.3 is 5.97 Å². The fraction of sp³-hybridized carbons (Fsp3) is 0.429. The number of aliphatic hydroxyl groups excluding tert-OH is 1. The minimum absolute atomic E-state index is 0.0108. The Kier molecular flexibility index (Phi) is 4.97. The Hall–Kier alpha value is -2.15. The Morgan fingerprint density at radius 2 is 2.09 bits per heavy atom.